The molecule has 3 aromatic rings. The minimum absolute atomic E-state index is 0.0123. The van der Waals surface area contributed by atoms with Gasteiger partial charge in [0.1, 0.15) is 17.2 Å². The Kier molecular flexibility index (Phi) is 6.03. The molecule has 0 aliphatic rings. The van der Waals surface area contributed by atoms with E-state index in [0.29, 0.717) is 11.5 Å². The van der Waals surface area contributed by atoms with Crippen molar-refractivity contribution in [1.29, 1.82) is 0 Å². The molecule has 2 amide bonds. The molecule has 2 N–H and O–H groups in total. The second kappa shape index (κ2) is 8.65. The number of ether oxygens (including phenoxy) is 2. The molecule has 10 heteroatoms. The summed E-state index contributed by atoms with van der Waals surface area (Å²) in [6, 6.07) is 7.67. The van der Waals surface area contributed by atoms with Crippen molar-refractivity contribution < 1.29 is 27.8 Å². The number of thiazole rings is 1. The van der Waals surface area contributed by atoms with Gasteiger partial charge in [0.15, 0.2) is 16.8 Å². The number of benzene rings is 2. The molecule has 7 nitrogen and oxygen atoms in total. The van der Waals surface area contributed by atoms with Crippen molar-refractivity contribution in [3.05, 3.63) is 64.7 Å². The van der Waals surface area contributed by atoms with Gasteiger partial charge in [-0.2, -0.15) is 0 Å². The first-order valence-corrected chi connectivity index (χ1v) is 9.04. The fraction of sp³-hybridized carbons (Fsp3) is 0.105. The number of rotatable bonds is 6. The maximum absolute atomic E-state index is 13.2. The topological polar surface area (TPSA) is 89.6 Å². The number of methoxy groups -OCH3 is 2. The number of anilines is 2. The molecule has 0 bridgehead atoms. The van der Waals surface area contributed by atoms with E-state index in [2.05, 4.69) is 15.6 Å². The summed E-state index contributed by atoms with van der Waals surface area (Å²) in [6.45, 7) is 0. The number of halogens is 2. The zero-order valence-corrected chi connectivity index (χ0v) is 16.1. The summed E-state index contributed by atoms with van der Waals surface area (Å²) in [5.74, 6) is -2.31. The Morgan fingerprint density at radius 1 is 0.931 bits per heavy atom. The summed E-state index contributed by atoms with van der Waals surface area (Å²) >= 11 is 1.04. The number of hydrogen-bond donors (Lipinski definition) is 2. The molecule has 0 radical (unpaired) electrons. The molecule has 29 heavy (non-hydrogen) atoms. The summed E-state index contributed by atoms with van der Waals surface area (Å²) in [5.41, 5.74) is 0.374. The summed E-state index contributed by atoms with van der Waals surface area (Å²) in [7, 11) is 2.93. The van der Waals surface area contributed by atoms with Gasteiger partial charge in [0, 0.05) is 28.8 Å². The first kappa shape index (κ1) is 20.2. The van der Waals surface area contributed by atoms with Crippen molar-refractivity contribution in [2.24, 2.45) is 0 Å². The smallest absolute Gasteiger partial charge is 0.275 e. The second-order valence-electron chi connectivity index (χ2n) is 5.68. The second-order valence-corrected chi connectivity index (χ2v) is 6.53. The lowest BCUT2D eigenvalue weighted by atomic mass is 10.2. The normalized spacial score (nSPS) is 10.3. The van der Waals surface area contributed by atoms with Gasteiger partial charge < -0.3 is 14.8 Å². The highest BCUT2D eigenvalue weighted by molar-refractivity contribution is 7.14. The Bertz CT molecular complexity index is 1050. The molecule has 0 atom stereocenters. The van der Waals surface area contributed by atoms with Crippen LogP contribution in [0.5, 0.6) is 11.5 Å². The molecule has 150 valence electrons. The van der Waals surface area contributed by atoms with Crippen LogP contribution in [-0.4, -0.2) is 31.0 Å². The predicted molar refractivity (Wildman–Crippen MR) is 104 cm³/mol. The number of carbonyl (C=O) groups excluding carboxylic acids is 2. The van der Waals surface area contributed by atoms with Crippen molar-refractivity contribution >= 4 is 34.0 Å². The first-order valence-electron chi connectivity index (χ1n) is 8.16. The molecule has 1 aromatic heterocycles. The maximum Gasteiger partial charge on any atom is 0.275 e. The Morgan fingerprint density at radius 2 is 1.62 bits per heavy atom. The van der Waals surface area contributed by atoms with E-state index in [-0.39, 0.29) is 22.1 Å². The minimum Gasteiger partial charge on any atom is -0.497 e. The third-order valence-corrected chi connectivity index (χ3v) is 4.51. The number of aromatic nitrogens is 1. The zero-order chi connectivity index (χ0) is 21.0. The fourth-order valence-corrected chi connectivity index (χ4v) is 3.00. The van der Waals surface area contributed by atoms with E-state index in [1.807, 2.05) is 0 Å². The fourth-order valence-electron chi connectivity index (χ4n) is 2.31. The van der Waals surface area contributed by atoms with E-state index in [1.165, 1.54) is 37.8 Å². The number of amides is 2. The molecule has 0 spiro atoms. The van der Waals surface area contributed by atoms with Gasteiger partial charge in [-0.05, 0) is 24.3 Å². The van der Waals surface area contributed by atoms with Crippen molar-refractivity contribution in [2.75, 3.05) is 24.9 Å². The van der Waals surface area contributed by atoms with E-state index in [9.17, 15) is 18.4 Å². The molecule has 0 unspecified atom stereocenters. The molecule has 2 aromatic carbocycles. The quantitative estimate of drug-likeness (QED) is 0.632. The predicted octanol–water partition coefficient (Wildman–Crippen LogP) is 3.94. The van der Waals surface area contributed by atoms with Crippen molar-refractivity contribution in [2.45, 2.75) is 0 Å². The highest BCUT2D eigenvalue weighted by atomic mass is 32.1. The van der Waals surface area contributed by atoms with Crippen LogP contribution in [0.4, 0.5) is 19.6 Å². The molecular weight excluding hydrogens is 404 g/mol. The van der Waals surface area contributed by atoms with Gasteiger partial charge in [-0.3, -0.25) is 14.9 Å². The Morgan fingerprint density at radius 3 is 2.24 bits per heavy atom. The van der Waals surface area contributed by atoms with Gasteiger partial charge in [0.05, 0.1) is 14.2 Å². The Balaban J connectivity index is 1.70. The number of hydrogen-bond acceptors (Lipinski definition) is 6. The van der Waals surface area contributed by atoms with Crippen LogP contribution in [0.25, 0.3) is 0 Å². The van der Waals surface area contributed by atoms with Crippen LogP contribution in [0, 0.1) is 11.6 Å². The van der Waals surface area contributed by atoms with E-state index >= 15 is 0 Å². The number of nitrogens with one attached hydrogen (secondary N) is 2. The average Bonchev–Trinajstić information content (AvgIpc) is 3.18. The van der Waals surface area contributed by atoms with Crippen LogP contribution in [0.2, 0.25) is 0 Å². The standard InChI is InChI=1S/C19H15F2N3O4S/c1-27-12-5-10(6-13(8-12)28-2)17(25)24-19-23-16(9-29-19)18(26)22-11-3-4-14(20)15(21)7-11/h3-9H,1-2H3,(H,22,26)(H,23,24,25). The van der Waals surface area contributed by atoms with Crippen LogP contribution in [0.1, 0.15) is 20.8 Å². The molecule has 0 fully saturated rings. The van der Waals surface area contributed by atoms with Gasteiger partial charge in [-0.25, -0.2) is 13.8 Å². The zero-order valence-electron chi connectivity index (χ0n) is 15.3. The molecule has 0 aliphatic heterocycles. The van der Waals surface area contributed by atoms with Crippen molar-refractivity contribution in [1.82, 2.24) is 4.98 Å². The van der Waals surface area contributed by atoms with Gasteiger partial charge >= 0.3 is 0 Å². The molecule has 0 saturated carbocycles. The van der Waals surface area contributed by atoms with Crippen LogP contribution >= 0.6 is 11.3 Å². The lowest BCUT2D eigenvalue weighted by Gasteiger charge is -2.08. The molecular formula is C19H15F2N3O4S. The number of nitrogens with zero attached hydrogens (tertiary/aromatic N) is 1. The molecule has 0 aliphatic carbocycles. The molecule has 0 saturated heterocycles. The van der Waals surface area contributed by atoms with Crippen molar-refractivity contribution in [3.63, 3.8) is 0 Å². The third kappa shape index (κ3) is 4.85. The lowest BCUT2D eigenvalue weighted by Crippen LogP contribution is -2.14. The van der Waals surface area contributed by atoms with Crippen LogP contribution in [0.15, 0.2) is 41.8 Å². The Hall–Kier alpha value is -3.53. The van der Waals surface area contributed by atoms with Gasteiger partial charge in [-0.1, -0.05) is 0 Å². The van der Waals surface area contributed by atoms with Gasteiger partial charge in [0.2, 0.25) is 0 Å². The van der Waals surface area contributed by atoms with Crippen LogP contribution in [0.3, 0.4) is 0 Å². The van der Waals surface area contributed by atoms with Crippen LogP contribution in [-0.2, 0) is 0 Å². The maximum atomic E-state index is 13.2. The first-order chi connectivity index (χ1) is 13.9. The van der Waals surface area contributed by atoms with E-state index in [0.717, 1.165) is 23.5 Å². The highest BCUT2D eigenvalue weighted by Crippen LogP contribution is 2.24. The summed E-state index contributed by atoms with van der Waals surface area (Å²) in [5, 5.41) is 6.61. The lowest BCUT2D eigenvalue weighted by molar-refractivity contribution is 0.101. The van der Waals surface area contributed by atoms with E-state index in [4.69, 9.17) is 9.47 Å². The van der Waals surface area contributed by atoms with Gasteiger partial charge in [-0.15, -0.1) is 11.3 Å². The summed E-state index contributed by atoms with van der Waals surface area (Å²) < 4.78 is 36.5. The summed E-state index contributed by atoms with van der Waals surface area (Å²) in [6.07, 6.45) is 0. The third-order valence-electron chi connectivity index (χ3n) is 3.75. The largest absolute Gasteiger partial charge is 0.497 e. The summed E-state index contributed by atoms with van der Waals surface area (Å²) in [4.78, 5) is 28.7. The van der Waals surface area contributed by atoms with E-state index in [1.54, 1.807) is 6.07 Å². The Labute approximate surface area is 168 Å². The SMILES string of the molecule is COc1cc(OC)cc(C(=O)Nc2nc(C(=O)Nc3ccc(F)c(F)c3)cs2)c1. The van der Waals surface area contributed by atoms with Gasteiger partial charge in [0.25, 0.3) is 11.8 Å². The minimum atomic E-state index is -1.08. The van der Waals surface area contributed by atoms with E-state index < -0.39 is 23.4 Å². The number of carbonyl (C=O) groups is 2. The average molecular weight is 419 g/mol. The molecule has 1 heterocycles. The monoisotopic (exact) mass is 419 g/mol. The van der Waals surface area contributed by atoms with Crippen LogP contribution < -0.4 is 20.1 Å². The molecule has 3 rings (SSSR count). The highest BCUT2D eigenvalue weighted by Gasteiger charge is 2.15. The van der Waals surface area contributed by atoms with Crippen molar-refractivity contribution in [3.8, 4) is 11.5 Å².